The fourth-order valence-electron chi connectivity index (χ4n) is 5.44. The lowest BCUT2D eigenvalue weighted by Gasteiger charge is -2.40. The second-order valence-electron chi connectivity index (χ2n) is 10.3. The zero-order valence-corrected chi connectivity index (χ0v) is 23.0. The first kappa shape index (κ1) is 30.2. The summed E-state index contributed by atoms with van der Waals surface area (Å²) in [5.41, 5.74) is 8.75. The molecule has 0 aliphatic carbocycles. The van der Waals surface area contributed by atoms with Crippen molar-refractivity contribution in [1.82, 2.24) is 30.0 Å². The Morgan fingerprint density at radius 3 is 2.28 bits per heavy atom. The van der Waals surface area contributed by atoms with Crippen molar-refractivity contribution in [2.45, 2.75) is 43.7 Å². The number of benzene rings is 2. The molecule has 2 aromatic heterocycles. The van der Waals surface area contributed by atoms with Gasteiger partial charge >= 0.3 is 12.1 Å². The van der Waals surface area contributed by atoms with E-state index in [1.165, 1.54) is 6.33 Å². The van der Waals surface area contributed by atoms with E-state index in [2.05, 4.69) is 20.2 Å². The van der Waals surface area contributed by atoms with Gasteiger partial charge in [-0.05, 0) is 62.2 Å². The summed E-state index contributed by atoms with van der Waals surface area (Å²) in [6.07, 6.45) is -1.77. The molecule has 228 valence electrons. The van der Waals surface area contributed by atoms with Gasteiger partial charge in [0.25, 0.3) is 0 Å². The van der Waals surface area contributed by atoms with E-state index in [1.54, 1.807) is 0 Å². The zero-order valence-electron chi connectivity index (χ0n) is 23.0. The van der Waals surface area contributed by atoms with E-state index in [4.69, 9.17) is 25.5 Å². The molecule has 10 nitrogen and oxygen atoms in total. The SMILES string of the molecule is Nc1ncnc2c1c(-c1ccc(Oc3ccccc3)cc1)nn2C1CCN(C2CCNCC2F)CC1.O=C(O)C(F)(F)F. The second-order valence-corrected chi connectivity index (χ2v) is 10.3. The number of fused-ring (bicyclic) bond motifs is 1. The van der Waals surface area contributed by atoms with Crippen molar-refractivity contribution >= 4 is 22.8 Å². The minimum Gasteiger partial charge on any atom is -0.475 e. The predicted octanol–water partition coefficient (Wildman–Crippen LogP) is 4.84. The number of rotatable bonds is 5. The minimum atomic E-state index is -5.08. The number of ether oxygens (including phenoxy) is 1. The quantitative estimate of drug-likeness (QED) is 0.275. The number of piperidine rings is 2. The van der Waals surface area contributed by atoms with Crippen LogP contribution in [0.4, 0.5) is 23.4 Å². The van der Waals surface area contributed by atoms with Crippen molar-refractivity contribution in [2.75, 3.05) is 31.9 Å². The van der Waals surface area contributed by atoms with Crippen LogP contribution in [0.2, 0.25) is 0 Å². The molecule has 0 bridgehead atoms. The lowest BCUT2D eigenvalue weighted by molar-refractivity contribution is -0.192. The number of hydrogen-bond acceptors (Lipinski definition) is 8. The molecule has 4 heterocycles. The average molecular weight is 602 g/mol. The van der Waals surface area contributed by atoms with Gasteiger partial charge in [0.2, 0.25) is 0 Å². The fourth-order valence-corrected chi connectivity index (χ4v) is 5.44. The number of carbonyl (C=O) groups is 1. The van der Waals surface area contributed by atoms with Crippen LogP contribution in [0.5, 0.6) is 11.5 Å². The molecule has 2 fully saturated rings. The van der Waals surface area contributed by atoms with Gasteiger partial charge in [-0.1, -0.05) is 18.2 Å². The highest BCUT2D eigenvalue weighted by molar-refractivity contribution is 5.98. The topological polar surface area (TPSA) is 131 Å². The maximum atomic E-state index is 14.5. The van der Waals surface area contributed by atoms with Gasteiger partial charge in [-0.2, -0.15) is 18.3 Å². The Labute approximate surface area is 244 Å². The molecular weight excluding hydrogens is 570 g/mol. The Hall–Kier alpha value is -4.30. The molecule has 2 unspecified atom stereocenters. The number of hydrogen-bond donors (Lipinski definition) is 3. The number of nitrogens with two attached hydrogens (primary N) is 1. The van der Waals surface area contributed by atoms with Gasteiger partial charge in [0, 0.05) is 31.2 Å². The van der Waals surface area contributed by atoms with Gasteiger partial charge < -0.3 is 20.9 Å². The molecule has 43 heavy (non-hydrogen) atoms. The maximum absolute atomic E-state index is 14.5. The number of alkyl halides is 4. The Bertz CT molecular complexity index is 1530. The summed E-state index contributed by atoms with van der Waals surface area (Å²) in [6, 6.07) is 17.7. The molecule has 2 aliphatic heterocycles. The summed E-state index contributed by atoms with van der Waals surface area (Å²) in [4.78, 5) is 20.0. The van der Waals surface area contributed by atoms with Gasteiger partial charge in [-0.3, -0.25) is 4.90 Å². The average Bonchev–Trinajstić information content (AvgIpc) is 3.39. The number of para-hydroxylation sites is 1. The number of nitrogens with one attached hydrogen (secondary N) is 1. The van der Waals surface area contributed by atoms with Crippen LogP contribution in [0.25, 0.3) is 22.3 Å². The van der Waals surface area contributed by atoms with Crippen molar-refractivity contribution in [2.24, 2.45) is 0 Å². The summed E-state index contributed by atoms with van der Waals surface area (Å²) in [7, 11) is 0. The smallest absolute Gasteiger partial charge is 0.475 e. The molecule has 4 N–H and O–H groups in total. The molecule has 0 spiro atoms. The summed E-state index contributed by atoms with van der Waals surface area (Å²) in [5, 5.41) is 16.0. The van der Waals surface area contributed by atoms with Crippen molar-refractivity contribution in [3.63, 3.8) is 0 Å². The van der Waals surface area contributed by atoms with Crippen LogP contribution in [0.3, 0.4) is 0 Å². The molecule has 0 saturated carbocycles. The summed E-state index contributed by atoms with van der Waals surface area (Å²) in [5.74, 6) is -0.812. The highest BCUT2D eigenvalue weighted by Crippen LogP contribution is 2.35. The van der Waals surface area contributed by atoms with Gasteiger partial charge in [-0.25, -0.2) is 23.8 Å². The fraction of sp³-hybridized carbons (Fsp3) is 0.379. The molecule has 2 atom stereocenters. The summed E-state index contributed by atoms with van der Waals surface area (Å²) < 4.78 is 54.2. The van der Waals surface area contributed by atoms with E-state index in [-0.39, 0.29) is 12.1 Å². The van der Waals surface area contributed by atoms with Crippen LogP contribution in [-0.4, -0.2) is 80.3 Å². The molecule has 2 aliphatic rings. The van der Waals surface area contributed by atoms with Crippen molar-refractivity contribution < 1.29 is 32.2 Å². The molecule has 2 saturated heterocycles. The number of nitrogen functional groups attached to an aromatic ring is 1. The normalized spacial score (nSPS) is 19.9. The van der Waals surface area contributed by atoms with Crippen LogP contribution in [0.15, 0.2) is 60.9 Å². The number of carboxylic acid groups (broad SMARTS) is 1. The highest BCUT2D eigenvalue weighted by atomic mass is 19.4. The molecule has 14 heteroatoms. The molecular formula is C29H31F4N7O3. The first-order chi connectivity index (χ1) is 20.6. The van der Waals surface area contributed by atoms with Crippen LogP contribution in [0, 0.1) is 0 Å². The van der Waals surface area contributed by atoms with E-state index >= 15 is 0 Å². The Kier molecular flexibility index (Phi) is 9.06. The van der Waals surface area contributed by atoms with Gasteiger partial charge in [0.05, 0.1) is 11.4 Å². The predicted molar refractivity (Wildman–Crippen MR) is 151 cm³/mol. The summed E-state index contributed by atoms with van der Waals surface area (Å²) >= 11 is 0. The Morgan fingerprint density at radius 2 is 1.65 bits per heavy atom. The van der Waals surface area contributed by atoms with Gasteiger partial charge in [-0.15, -0.1) is 0 Å². The van der Waals surface area contributed by atoms with Gasteiger partial charge in [0.15, 0.2) is 5.65 Å². The second kappa shape index (κ2) is 12.9. The molecule has 4 aromatic rings. The minimum absolute atomic E-state index is 0.00622. The first-order valence-electron chi connectivity index (χ1n) is 13.8. The third kappa shape index (κ3) is 7.03. The van der Waals surface area contributed by atoms with Crippen LogP contribution < -0.4 is 15.8 Å². The van der Waals surface area contributed by atoms with Crippen LogP contribution in [-0.2, 0) is 4.79 Å². The first-order valence-corrected chi connectivity index (χ1v) is 13.8. The lowest BCUT2D eigenvalue weighted by Crippen LogP contribution is -2.53. The lowest BCUT2D eigenvalue weighted by atomic mass is 9.97. The number of aromatic nitrogens is 4. The number of carboxylic acids is 1. The molecule has 0 amide bonds. The van der Waals surface area contributed by atoms with E-state index in [0.717, 1.165) is 72.7 Å². The third-order valence-corrected chi connectivity index (χ3v) is 7.55. The number of anilines is 1. The standard InChI is InChI=1S/C27H30FN7O.C2HF3O2/c28-22-16-30-13-10-23(22)34-14-11-19(12-15-34)35-27-24(26(29)31-17-32-27)25(33-35)18-6-8-21(9-7-18)36-20-4-2-1-3-5-20;3-2(4,5)1(6)7/h1-9,17,19,22-23,30H,10-16H2,(H2,29,31,32);(H,6,7). The zero-order chi connectivity index (χ0) is 30.6. The Balaban J connectivity index is 0.000000472. The summed E-state index contributed by atoms with van der Waals surface area (Å²) in [6.45, 7) is 3.02. The van der Waals surface area contributed by atoms with E-state index < -0.39 is 18.3 Å². The van der Waals surface area contributed by atoms with E-state index in [1.807, 2.05) is 59.3 Å². The third-order valence-electron chi connectivity index (χ3n) is 7.55. The molecule has 2 aromatic carbocycles. The van der Waals surface area contributed by atoms with Crippen molar-refractivity contribution in [3.8, 4) is 22.8 Å². The number of nitrogens with zero attached hydrogens (tertiary/aromatic N) is 5. The van der Waals surface area contributed by atoms with E-state index in [0.29, 0.717) is 12.4 Å². The maximum Gasteiger partial charge on any atom is 0.490 e. The number of halogens is 4. The number of aliphatic carboxylic acids is 1. The van der Waals surface area contributed by atoms with Crippen molar-refractivity contribution in [3.05, 3.63) is 60.9 Å². The molecule has 0 radical (unpaired) electrons. The van der Waals surface area contributed by atoms with Crippen molar-refractivity contribution in [1.29, 1.82) is 0 Å². The monoisotopic (exact) mass is 601 g/mol. The highest BCUT2D eigenvalue weighted by Gasteiger charge is 2.38. The van der Waals surface area contributed by atoms with Crippen LogP contribution in [0.1, 0.15) is 25.3 Å². The van der Waals surface area contributed by atoms with Crippen LogP contribution >= 0.6 is 0 Å². The van der Waals surface area contributed by atoms with Gasteiger partial charge in [0.1, 0.15) is 35.5 Å². The molecule has 6 rings (SSSR count). The largest absolute Gasteiger partial charge is 0.490 e. The Morgan fingerprint density at radius 1 is 1.00 bits per heavy atom. The number of likely N-dealkylation sites (tertiary alicyclic amines) is 1. The van der Waals surface area contributed by atoms with E-state index in [9.17, 15) is 17.6 Å².